The molecule has 2 aromatic carbocycles. The number of halogens is 1. The van der Waals surface area contributed by atoms with E-state index in [2.05, 4.69) is 15.0 Å². The van der Waals surface area contributed by atoms with Crippen LogP contribution in [0.4, 0.5) is 4.39 Å². The molecule has 0 fully saturated rings. The fraction of sp³-hybridized carbons (Fsp3) is 0.0833. The van der Waals surface area contributed by atoms with Gasteiger partial charge in [-0.1, -0.05) is 18.2 Å². The maximum absolute atomic E-state index is 13.8. The monoisotopic (exact) mass is 424 g/mol. The summed E-state index contributed by atoms with van der Waals surface area (Å²) in [6, 6.07) is 15.9. The number of pyridine rings is 2. The molecule has 0 saturated heterocycles. The van der Waals surface area contributed by atoms with E-state index in [0.717, 1.165) is 33.1 Å². The van der Waals surface area contributed by atoms with E-state index in [4.69, 9.17) is 4.74 Å². The Hall–Kier alpha value is -4.51. The molecule has 0 N–H and O–H groups in total. The molecule has 0 radical (unpaired) electrons. The van der Waals surface area contributed by atoms with Gasteiger partial charge in [-0.2, -0.15) is 5.26 Å². The van der Waals surface area contributed by atoms with Gasteiger partial charge < -0.3 is 9.30 Å². The third-order valence-electron chi connectivity index (χ3n) is 5.40. The van der Waals surface area contributed by atoms with E-state index >= 15 is 0 Å². The minimum atomic E-state index is -0.298. The molecule has 5 aromatic rings. The second kappa shape index (κ2) is 7.63. The minimum absolute atomic E-state index is 0.298. The normalized spacial score (nSPS) is 11.8. The second-order valence-electron chi connectivity index (χ2n) is 7.20. The van der Waals surface area contributed by atoms with Gasteiger partial charge in [0.2, 0.25) is 17.7 Å². The molecule has 32 heavy (non-hydrogen) atoms. The zero-order valence-electron chi connectivity index (χ0n) is 17.3. The van der Waals surface area contributed by atoms with Crippen molar-refractivity contribution in [2.75, 3.05) is 7.11 Å². The van der Waals surface area contributed by atoms with Gasteiger partial charge >= 0.3 is 0 Å². The summed E-state index contributed by atoms with van der Waals surface area (Å²) in [5, 5.41) is 10.2. The van der Waals surface area contributed by atoms with Gasteiger partial charge in [-0.3, -0.25) is 9.55 Å². The van der Waals surface area contributed by atoms with Crippen LogP contribution in [0.5, 0.6) is 5.88 Å². The van der Waals surface area contributed by atoms with Crippen LogP contribution in [0.3, 0.4) is 0 Å². The van der Waals surface area contributed by atoms with E-state index in [-0.39, 0.29) is 5.82 Å². The lowest BCUT2D eigenvalue weighted by atomic mass is 10.0. The zero-order valence-corrected chi connectivity index (χ0v) is 17.3. The first kappa shape index (κ1) is 19.5. The number of aryl methyl sites for hydroxylation is 1. The maximum Gasteiger partial charge on any atom is 0.226 e. The number of imidazole rings is 1. The Morgan fingerprint density at radius 2 is 1.88 bits per heavy atom. The predicted molar refractivity (Wildman–Crippen MR) is 118 cm³/mol. The average molecular weight is 424 g/mol. The molecule has 0 bridgehead atoms. The summed E-state index contributed by atoms with van der Waals surface area (Å²) < 4.78 is 22.7. The lowest BCUT2D eigenvalue weighted by molar-refractivity contribution is 0.398. The summed E-state index contributed by atoms with van der Waals surface area (Å²) in [5.74, 6) is 0.182. The number of nitrogens with zero attached hydrogens (tertiary/aromatic N) is 6. The molecule has 0 saturated carbocycles. The Labute approximate surface area is 182 Å². The van der Waals surface area contributed by atoms with Crippen LogP contribution < -0.4 is 10.4 Å². The van der Waals surface area contributed by atoms with E-state index in [1.807, 2.05) is 52.7 Å². The van der Waals surface area contributed by atoms with Crippen molar-refractivity contribution in [2.45, 2.75) is 0 Å². The van der Waals surface area contributed by atoms with E-state index < -0.39 is 0 Å². The summed E-state index contributed by atoms with van der Waals surface area (Å²) in [7, 11) is 3.38. The van der Waals surface area contributed by atoms with Crippen molar-refractivity contribution < 1.29 is 9.13 Å². The summed E-state index contributed by atoms with van der Waals surface area (Å²) >= 11 is 0. The van der Waals surface area contributed by atoms with E-state index in [1.165, 1.54) is 12.1 Å². The van der Waals surface area contributed by atoms with E-state index in [9.17, 15) is 9.65 Å². The van der Waals surface area contributed by atoms with Crippen LogP contribution in [-0.2, 0) is 7.05 Å². The molecule has 156 valence electrons. The summed E-state index contributed by atoms with van der Waals surface area (Å²) in [6.45, 7) is 0. The van der Waals surface area contributed by atoms with Crippen LogP contribution in [0.25, 0.3) is 38.8 Å². The fourth-order valence-electron chi connectivity index (χ4n) is 3.89. The van der Waals surface area contributed by atoms with E-state index in [1.54, 1.807) is 31.6 Å². The largest absolute Gasteiger partial charge is 0.481 e. The van der Waals surface area contributed by atoms with Crippen molar-refractivity contribution in [3.63, 3.8) is 0 Å². The first-order valence-electron chi connectivity index (χ1n) is 9.80. The molecule has 0 spiro atoms. The van der Waals surface area contributed by atoms with Crippen molar-refractivity contribution in [2.24, 2.45) is 12.0 Å². The van der Waals surface area contributed by atoms with Crippen molar-refractivity contribution in [1.29, 1.82) is 5.26 Å². The van der Waals surface area contributed by atoms with Gasteiger partial charge in [-0.15, -0.1) is 4.99 Å². The topological polar surface area (TPSA) is 81.0 Å². The number of aromatic nitrogens is 4. The number of hydrogen-bond donors (Lipinski definition) is 0. The van der Waals surface area contributed by atoms with E-state index in [0.29, 0.717) is 17.2 Å². The number of methoxy groups -OCH3 is 1. The van der Waals surface area contributed by atoms with Crippen molar-refractivity contribution in [1.82, 2.24) is 19.1 Å². The summed E-state index contributed by atoms with van der Waals surface area (Å²) in [4.78, 5) is 13.0. The first-order valence-corrected chi connectivity index (χ1v) is 9.80. The van der Waals surface area contributed by atoms with Crippen LogP contribution in [0.2, 0.25) is 0 Å². The number of ether oxygens (including phenoxy) is 1. The lowest BCUT2D eigenvalue weighted by Crippen LogP contribution is -2.22. The molecule has 3 heterocycles. The van der Waals surface area contributed by atoms with Gasteiger partial charge in [-0.25, -0.2) is 9.37 Å². The van der Waals surface area contributed by atoms with Gasteiger partial charge in [0.25, 0.3) is 0 Å². The Balaban J connectivity index is 1.89. The van der Waals surface area contributed by atoms with Gasteiger partial charge in [0.1, 0.15) is 5.82 Å². The van der Waals surface area contributed by atoms with Gasteiger partial charge in [0.15, 0.2) is 0 Å². The van der Waals surface area contributed by atoms with Gasteiger partial charge in [0, 0.05) is 18.5 Å². The highest BCUT2D eigenvalue weighted by molar-refractivity contribution is 6.04. The molecule has 0 aliphatic heterocycles. The average Bonchev–Trinajstić information content (AvgIpc) is 3.11. The Bertz CT molecular complexity index is 1590. The van der Waals surface area contributed by atoms with Crippen molar-refractivity contribution in [3.05, 3.63) is 78.4 Å². The third kappa shape index (κ3) is 3.08. The van der Waals surface area contributed by atoms with Crippen LogP contribution in [0.1, 0.15) is 0 Å². The van der Waals surface area contributed by atoms with Gasteiger partial charge in [0.05, 0.1) is 41.7 Å². The molecular weight excluding hydrogens is 407 g/mol. The standard InChI is InChI=1S/C24H17FN6O/c1-30-21-13-27-20-8-6-16(15-4-3-5-17(25)10-15)11-19(20)23(21)31(24(30)29-14-26)18-7-9-22(32-2)28-12-18/h3-13H,1-2H3/b29-24-. The van der Waals surface area contributed by atoms with Crippen molar-refractivity contribution in [3.8, 4) is 28.9 Å². The molecule has 0 aliphatic rings. The maximum atomic E-state index is 13.8. The predicted octanol–water partition coefficient (Wildman–Crippen LogP) is 4.11. The minimum Gasteiger partial charge on any atom is -0.481 e. The van der Waals surface area contributed by atoms with Crippen LogP contribution in [0.15, 0.2) is 72.0 Å². The van der Waals surface area contributed by atoms with Crippen LogP contribution in [-0.4, -0.2) is 26.2 Å². The molecular formula is C24H17FN6O. The molecule has 0 amide bonds. The fourth-order valence-corrected chi connectivity index (χ4v) is 3.89. The number of benzene rings is 2. The quantitative estimate of drug-likeness (QED) is 0.408. The molecule has 3 aromatic heterocycles. The lowest BCUT2D eigenvalue weighted by Gasteiger charge is -2.09. The van der Waals surface area contributed by atoms with Crippen molar-refractivity contribution >= 4 is 21.9 Å². The Kier molecular flexibility index (Phi) is 4.64. The Morgan fingerprint density at radius 3 is 2.59 bits per heavy atom. The smallest absolute Gasteiger partial charge is 0.226 e. The molecule has 7 nitrogen and oxygen atoms in total. The molecule has 0 unspecified atom stereocenters. The SMILES string of the molecule is COc1ccc(-n2/c(=N\C#N)n(C)c3cnc4ccc(-c5cccc(F)c5)cc4c32)cn1. The van der Waals surface area contributed by atoms with Crippen LogP contribution >= 0.6 is 0 Å². The summed E-state index contributed by atoms with van der Waals surface area (Å²) in [6.07, 6.45) is 5.30. The highest BCUT2D eigenvalue weighted by atomic mass is 19.1. The zero-order chi connectivity index (χ0) is 22.2. The number of hydrogen-bond acceptors (Lipinski definition) is 5. The molecule has 0 aliphatic carbocycles. The Morgan fingerprint density at radius 1 is 1.03 bits per heavy atom. The number of rotatable bonds is 3. The number of nitriles is 1. The van der Waals surface area contributed by atoms with Crippen LogP contribution in [0, 0.1) is 17.3 Å². The highest BCUT2D eigenvalue weighted by Gasteiger charge is 2.16. The second-order valence-corrected chi connectivity index (χ2v) is 7.20. The first-order chi connectivity index (χ1) is 15.6. The number of fused-ring (bicyclic) bond motifs is 3. The molecule has 8 heteroatoms. The third-order valence-corrected chi connectivity index (χ3v) is 5.40. The molecule has 5 rings (SSSR count). The molecule has 0 atom stereocenters. The van der Waals surface area contributed by atoms with Gasteiger partial charge in [-0.05, 0) is 41.5 Å². The highest BCUT2D eigenvalue weighted by Crippen LogP contribution is 2.30. The summed E-state index contributed by atoms with van der Waals surface area (Å²) in [5.41, 5.74) is 5.14.